The van der Waals surface area contributed by atoms with Gasteiger partial charge in [0.15, 0.2) is 23.0 Å². The van der Waals surface area contributed by atoms with Gasteiger partial charge in [0.05, 0.1) is 43.2 Å². The monoisotopic (exact) mass is 558 g/mol. The van der Waals surface area contributed by atoms with Crippen molar-refractivity contribution in [2.45, 2.75) is 77.8 Å². The number of rotatable bonds is 8. The third-order valence-corrected chi connectivity index (χ3v) is 7.99. The first-order valence-corrected chi connectivity index (χ1v) is 13.5. The van der Waals surface area contributed by atoms with Gasteiger partial charge in [0, 0.05) is 7.11 Å². The van der Waals surface area contributed by atoms with Crippen molar-refractivity contribution in [1.82, 2.24) is 0 Å². The smallest absolute Gasteiger partial charge is 0.494 e. The van der Waals surface area contributed by atoms with Crippen LogP contribution >= 0.6 is 0 Å². The van der Waals surface area contributed by atoms with Crippen LogP contribution in [-0.4, -0.2) is 76.3 Å². The molecule has 11 heteroatoms. The third kappa shape index (κ3) is 6.89. The van der Waals surface area contributed by atoms with Crippen molar-refractivity contribution in [2.24, 2.45) is 0 Å². The summed E-state index contributed by atoms with van der Waals surface area (Å²) in [6.07, 6.45) is 0. The van der Waals surface area contributed by atoms with E-state index >= 15 is 0 Å². The standard InChI is InChI=1S/C16H25BO5.C13H19BO4/c1-15(2)16(3,4)22-17(21-15)12-7-8-13(14(11-12)19-6)20-10-9-18-5;1-12(2)13(3,4)18-14(17-12)9-6-7-10(15)11(8-9)16-5/h7-8,11H,9-10H2,1-6H3;6-8,15H,1-5H3. The Morgan fingerprint density at radius 1 is 0.600 bits per heavy atom. The van der Waals surface area contributed by atoms with E-state index in [4.69, 9.17) is 37.6 Å². The molecule has 0 unspecified atom stereocenters. The average Bonchev–Trinajstić information content (AvgIpc) is 3.24. The molecule has 220 valence electrons. The van der Waals surface area contributed by atoms with E-state index < -0.39 is 14.2 Å². The van der Waals surface area contributed by atoms with Gasteiger partial charge in [-0.1, -0.05) is 12.1 Å². The highest BCUT2D eigenvalue weighted by Gasteiger charge is 2.52. The van der Waals surface area contributed by atoms with E-state index in [9.17, 15) is 5.11 Å². The highest BCUT2D eigenvalue weighted by atomic mass is 16.7. The molecule has 2 aromatic carbocycles. The van der Waals surface area contributed by atoms with Crippen LogP contribution in [0.25, 0.3) is 0 Å². The van der Waals surface area contributed by atoms with Crippen LogP contribution in [0, 0.1) is 0 Å². The fourth-order valence-electron chi connectivity index (χ4n) is 3.98. The van der Waals surface area contributed by atoms with Crippen molar-refractivity contribution in [1.29, 1.82) is 0 Å². The maximum atomic E-state index is 9.58. The lowest BCUT2D eigenvalue weighted by Gasteiger charge is -2.32. The molecule has 40 heavy (non-hydrogen) atoms. The minimum absolute atomic E-state index is 0.109. The van der Waals surface area contributed by atoms with E-state index in [2.05, 4.69) is 0 Å². The number of benzene rings is 2. The number of phenols is 1. The molecule has 0 aliphatic carbocycles. The first kappa shape index (κ1) is 32.1. The lowest BCUT2D eigenvalue weighted by molar-refractivity contribution is 0.00578. The maximum Gasteiger partial charge on any atom is 0.494 e. The summed E-state index contributed by atoms with van der Waals surface area (Å²) in [5.74, 6) is 1.86. The molecule has 0 bridgehead atoms. The maximum absolute atomic E-state index is 9.58. The first-order valence-electron chi connectivity index (χ1n) is 13.5. The molecule has 0 amide bonds. The Morgan fingerprint density at radius 2 is 1.02 bits per heavy atom. The second-order valence-electron chi connectivity index (χ2n) is 11.9. The molecule has 2 fully saturated rings. The van der Waals surface area contributed by atoms with Crippen molar-refractivity contribution < 1.29 is 42.7 Å². The van der Waals surface area contributed by atoms with Crippen LogP contribution in [0.3, 0.4) is 0 Å². The average molecular weight is 558 g/mol. The molecule has 2 saturated heterocycles. The van der Waals surface area contributed by atoms with E-state index in [1.165, 1.54) is 7.11 Å². The lowest BCUT2D eigenvalue weighted by Crippen LogP contribution is -2.41. The van der Waals surface area contributed by atoms with Gasteiger partial charge in [0.25, 0.3) is 0 Å². The lowest BCUT2D eigenvalue weighted by atomic mass is 9.79. The quantitative estimate of drug-likeness (QED) is 0.385. The molecule has 2 heterocycles. The molecule has 1 N–H and O–H groups in total. The van der Waals surface area contributed by atoms with Crippen molar-refractivity contribution in [2.75, 3.05) is 34.5 Å². The molecule has 9 nitrogen and oxygen atoms in total. The van der Waals surface area contributed by atoms with Crippen LogP contribution < -0.4 is 25.1 Å². The van der Waals surface area contributed by atoms with Gasteiger partial charge in [-0.15, -0.1) is 0 Å². The van der Waals surface area contributed by atoms with Crippen LogP contribution in [0.4, 0.5) is 0 Å². The highest BCUT2D eigenvalue weighted by molar-refractivity contribution is 6.62. The first-order chi connectivity index (χ1) is 18.6. The van der Waals surface area contributed by atoms with Crippen LogP contribution in [0.5, 0.6) is 23.0 Å². The van der Waals surface area contributed by atoms with E-state index in [1.54, 1.807) is 32.4 Å². The van der Waals surface area contributed by atoms with Gasteiger partial charge in [0.1, 0.15) is 6.61 Å². The van der Waals surface area contributed by atoms with Gasteiger partial charge in [-0.3, -0.25) is 0 Å². The molecule has 2 aliphatic rings. The Kier molecular flexibility index (Phi) is 9.79. The zero-order valence-electron chi connectivity index (χ0n) is 25.7. The third-order valence-electron chi connectivity index (χ3n) is 7.99. The summed E-state index contributed by atoms with van der Waals surface area (Å²) >= 11 is 0. The summed E-state index contributed by atoms with van der Waals surface area (Å²) in [5, 5.41) is 9.58. The Morgan fingerprint density at radius 3 is 1.45 bits per heavy atom. The summed E-state index contributed by atoms with van der Waals surface area (Å²) in [7, 11) is 3.92. The Hall–Kier alpha value is -2.43. The normalized spacial score (nSPS) is 20.1. The minimum atomic E-state index is -0.440. The summed E-state index contributed by atoms with van der Waals surface area (Å²) < 4.78 is 45.1. The molecule has 0 aromatic heterocycles. The minimum Gasteiger partial charge on any atom is -0.504 e. The number of phenolic OH excluding ortho intramolecular Hbond substituents is 1. The number of hydrogen-bond acceptors (Lipinski definition) is 9. The molecular weight excluding hydrogens is 514 g/mol. The summed E-state index contributed by atoms with van der Waals surface area (Å²) in [5.41, 5.74) is 0.278. The van der Waals surface area contributed by atoms with Crippen molar-refractivity contribution in [3.63, 3.8) is 0 Å². The fourth-order valence-corrected chi connectivity index (χ4v) is 3.98. The molecular formula is C29H44B2O9. The zero-order valence-corrected chi connectivity index (χ0v) is 25.7. The summed E-state index contributed by atoms with van der Waals surface area (Å²) in [6, 6.07) is 10.8. The molecule has 2 aromatic rings. The molecule has 2 aliphatic heterocycles. The van der Waals surface area contributed by atoms with Gasteiger partial charge >= 0.3 is 14.2 Å². The van der Waals surface area contributed by atoms with Crippen LogP contribution in [0.2, 0.25) is 0 Å². The number of methoxy groups -OCH3 is 3. The molecule has 0 saturated carbocycles. The Balaban J connectivity index is 0.000000225. The van der Waals surface area contributed by atoms with Crippen LogP contribution in [0.1, 0.15) is 55.4 Å². The predicted molar refractivity (Wildman–Crippen MR) is 156 cm³/mol. The predicted octanol–water partition coefficient (Wildman–Crippen LogP) is 3.72. The Bertz CT molecular complexity index is 1120. The van der Waals surface area contributed by atoms with Crippen LogP contribution in [-0.2, 0) is 23.4 Å². The van der Waals surface area contributed by atoms with Gasteiger partial charge < -0.3 is 42.7 Å². The van der Waals surface area contributed by atoms with E-state index in [1.807, 2.05) is 73.6 Å². The van der Waals surface area contributed by atoms with Crippen molar-refractivity contribution in [3.8, 4) is 23.0 Å². The highest BCUT2D eigenvalue weighted by Crippen LogP contribution is 2.38. The van der Waals surface area contributed by atoms with Gasteiger partial charge in [-0.2, -0.15) is 0 Å². The Labute approximate surface area is 239 Å². The molecule has 0 spiro atoms. The fraction of sp³-hybridized carbons (Fsp3) is 0.586. The van der Waals surface area contributed by atoms with Crippen molar-refractivity contribution >= 4 is 25.2 Å². The van der Waals surface area contributed by atoms with E-state index in [-0.39, 0.29) is 28.2 Å². The zero-order chi connectivity index (χ0) is 29.9. The van der Waals surface area contributed by atoms with Gasteiger partial charge in [-0.05, 0) is 90.6 Å². The molecule has 0 atom stereocenters. The number of ether oxygens (including phenoxy) is 4. The number of hydrogen-bond donors (Lipinski definition) is 1. The summed E-state index contributed by atoms with van der Waals surface area (Å²) in [6.45, 7) is 17.2. The van der Waals surface area contributed by atoms with Gasteiger partial charge in [0.2, 0.25) is 0 Å². The SMILES string of the molecule is COCCOc1ccc(B2OC(C)(C)C(C)(C)O2)cc1OC.COc1cc(B2OC(C)(C)C(C)(C)O2)ccc1O. The largest absolute Gasteiger partial charge is 0.504 e. The second-order valence-corrected chi connectivity index (χ2v) is 11.9. The number of aromatic hydroxyl groups is 1. The summed E-state index contributed by atoms with van der Waals surface area (Å²) in [4.78, 5) is 0. The van der Waals surface area contributed by atoms with Gasteiger partial charge in [-0.25, -0.2) is 0 Å². The molecule has 4 rings (SSSR count). The molecule has 0 radical (unpaired) electrons. The van der Waals surface area contributed by atoms with Crippen molar-refractivity contribution in [3.05, 3.63) is 36.4 Å². The van der Waals surface area contributed by atoms with E-state index in [0.29, 0.717) is 30.5 Å². The second kappa shape index (κ2) is 12.2. The topological polar surface area (TPSA) is 94.1 Å². The van der Waals surface area contributed by atoms with E-state index in [0.717, 1.165) is 10.9 Å². The van der Waals surface area contributed by atoms with Crippen LogP contribution in [0.15, 0.2) is 36.4 Å².